The van der Waals surface area contributed by atoms with Crippen LogP contribution in [0.5, 0.6) is 0 Å². The van der Waals surface area contributed by atoms with Crippen molar-refractivity contribution < 1.29 is 9.53 Å². The zero-order valence-electron chi connectivity index (χ0n) is 12.9. The fraction of sp³-hybridized carbons (Fsp3) is 0.438. The molecule has 2 aliphatic rings. The van der Waals surface area contributed by atoms with E-state index in [4.69, 9.17) is 27.9 Å². The van der Waals surface area contributed by atoms with Crippen molar-refractivity contribution in [3.05, 3.63) is 45.7 Å². The lowest BCUT2D eigenvalue weighted by Gasteiger charge is -2.41. The number of aromatic nitrogens is 3. The zero-order valence-corrected chi connectivity index (χ0v) is 14.4. The number of likely N-dealkylation sites (tertiary alicyclic amines) is 1. The monoisotopic (exact) mass is 366 g/mol. The molecule has 126 valence electrons. The van der Waals surface area contributed by atoms with Crippen LogP contribution >= 0.6 is 23.2 Å². The van der Waals surface area contributed by atoms with E-state index in [0.717, 1.165) is 17.7 Å². The molecule has 0 radical (unpaired) electrons. The lowest BCUT2D eigenvalue weighted by atomic mass is 9.99. The van der Waals surface area contributed by atoms with Gasteiger partial charge >= 0.3 is 0 Å². The summed E-state index contributed by atoms with van der Waals surface area (Å²) in [5.41, 5.74) is 1.81. The van der Waals surface area contributed by atoms with E-state index < -0.39 is 0 Å². The molecule has 1 saturated heterocycles. The van der Waals surface area contributed by atoms with Crippen LogP contribution in [0, 0.1) is 0 Å². The van der Waals surface area contributed by atoms with Crippen molar-refractivity contribution in [3.63, 3.8) is 0 Å². The van der Waals surface area contributed by atoms with Gasteiger partial charge in [-0.15, -0.1) is 5.10 Å². The predicted molar refractivity (Wildman–Crippen MR) is 89.0 cm³/mol. The van der Waals surface area contributed by atoms with Crippen molar-refractivity contribution in [2.75, 3.05) is 13.1 Å². The van der Waals surface area contributed by atoms with Gasteiger partial charge in [0.15, 0.2) is 0 Å². The molecule has 8 heteroatoms. The van der Waals surface area contributed by atoms with Crippen LogP contribution < -0.4 is 0 Å². The highest BCUT2D eigenvalue weighted by Crippen LogP contribution is 2.30. The molecule has 0 spiro atoms. The number of piperidine rings is 1. The quantitative estimate of drug-likeness (QED) is 0.819. The molecule has 0 aliphatic carbocycles. The van der Waals surface area contributed by atoms with Gasteiger partial charge in [-0.2, -0.15) is 0 Å². The van der Waals surface area contributed by atoms with Crippen LogP contribution in [0.1, 0.15) is 23.7 Å². The molecule has 2 unspecified atom stereocenters. The molecule has 6 nitrogen and oxygen atoms in total. The minimum Gasteiger partial charge on any atom is -0.370 e. The third-order valence-corrected chi connectivity index (χ3v) is 5.36. The standard InChI is InChI=1S/C16H16Cl2N4O2/c17-12-2-1-10(5-13(12)18)6-16(23)21-4-3-15-14(8-21)22-11(9-24-15)7-19-20-22/h1-2,5,7,14-15H,3-4,6,8-9H2. The first-order valence-corrected chi connectivity index (χ1v) is 8.60. The summed E-state index contributed by atoms with van der Waals surface area (Å²) >= 11 is 11.9. The van der Waals surface area contributed by atoms with Gasteiger partial charge in [-0.05, 0) is 24.1 Å². The van der Waals surface area contributed by atoms with Gasteiger partial charge in [-0.3, -0.25) is 4.79 Å². The van der Waals surface area contributed by atoms with E-state index in [2.05, 4.69) is 10.3 Å². The van der Waals surface area contributed by atoms with Gasteiger partial charge in [0.2, 0.25) is 5.91 Å². The number of hydrogen-bond donors (Lipinski definition) is 0. The third kappa shape index (κ3) is 2.90. The molecule has 2 atom stereocenters. The van der Waals surface area contributed by atoms with Crippen molar-refractivity contribution in [2.45, 2.75) is 31.6 Å². The Hall–Kier alpha value is -1.63. The van der Waals surface area contributed by atoms with Crippen molar-refractivity contribution in [1.29, 1.82) is 0 Å². The van der Waals surface area contributed by atoms with E-state index in [1.807, 2.05) is 15.6 Å². The van der Waals surface area contributed by atoms with Gasteiger partial charge in [0.1, 0.15) is 0 Å². The summed E-state index contributed by atoms with van der Waals surface area (Å²) < 4.78 is 7.77. The Labute approximate surface area is 149 Å². The van der Waals surface area contributed by atoms with Crippen LogP contribution in [0.15, 0.2) is 24.4 Å². The lowest BCUT2D eigenvalue weighted by molar-refractivity contribution is -0.137. The Balaban J connectivity index is 1.47. The molecule has 4 rings (SSSR count). The average molecular weight is 367 g/mol. The number of halogens is 2. The van der Waals surface area contributed by atoms with Crippen molar-refractivity contribution in [2.24, 2.45) is 0 Å². The van der Waals surface area contributed by atoms with E-state index in [1.54, 1.807) is 18.3 Å². The Morgan fingerprint density at radius 1 is 1.33 bits per heavy atom. The zero-order chi connectivity index (χ0) is 16.7. The minimum absolute atomic E-state index is 0.0303. The highest BCUT2D eigenvalue weighted by molar-refractivity contribution is 6.42. The molecule has 1 amide bonds. The molecule has 1 aromatic carbocycles. The number of rotatable bonds is 2. The normalized spacial score (nSPS) is 22.8. The van der Waals surface area contributed by atoms with E-state index >= 15 is 0 Å². The molecule has 2 aliphatic heterocycles. The largest absolute Gasteiger partial charge is 0.370 e. The van der Waals surface area contributed by atoms with Crippen LogP contribution in [0.4, 0.5) is 0 Å². The molecule has 3 heterocycles. The summed E-state index contributed by atoms with van der Waals surface area (Å²) in [6.45, 7) is 1.80. The fourth-order valence-electron chi connectivity index (χ4n) is 3.34. The first-order chi connectivity index (χ1) is 11.6. The van der Waals surface area contributed by atoms with Crippen molar-refractivity contribution in [3.8, 4) is 0 Å². The van der Waals surface area contributed by atoms with Gasteiger partial charge in [0.05, 0.1) is 47.1 Å². The van der Waals surface area contributed by atoms with Crippen LogP contribution in [-0.4, -0.2) is 45.0 Å². The first-order valence-electron chi connectivity index (χ1n) is 7.84. The highest BCUT2D eigenvalue weighted by Gasteiger charge is 2.37. The van der Waals surface area contributed by atoms with E-state index in [1.165, 1.54) is 0 Å². The number of carbonyl (C=O) groups is 1. The van der Waals surface area contributed by atoms with E-state index in [-0.39, 0.29) is 18.1 Å². The second-order valence-electron chi connectivity index (χ2n) is 6.14. The second-order valence-corrected chi connectivity index (χ2v) is 6.95. The summed E-state index contributed by atoms with van der Waals surface area (Å²) in [7, 11) is 0. The molecule has 1 aromatic heterocycles. The number of hydrogen-bond acceptors (Lipinski definition) is 4. The Morgan fingerprint density at radius 2 is 2.21 bits per heavy atom. The third-order valence-electron chi connectivity index (χ3n) is 4.62. The number of nitrogens with zero attached hydrogens (tertiary/aromatic N) is 4. The SMILES string of the molecule is O=C(Cc1ccc(Cl)c(Cl)c1)N1CCC2OCc3cnnn3C2C1. The van der Waals surface area contributed by atoms with Gasteiger partial charge in [0.25, 0.3) is 0 Å². The van der Waals surface area contributed by atoms with E-state index in [0.29, 0.717) is 36.2 Å². The number of benzene rings is 1. The summed E-state index contributed by atoms with van der Waals surface area (Å²) in [6, 6.07) is 5.32. The van der Waals surface area contributed by atoms with Crippen LogP contribution in [0.25, 0.3) is 0 Å². The van der Waals surface area contributed by atoms with Gasteiger partial charge < -0.3 is 9.64 Å². The topological polar surface area (TPSA) is 60.3 Å². The molecule has 1 fully saturated rings. The summed E-state index contributed by atoms with van der Waals surface area (Å²) in [4.78, 5) is 14.5. The Morgan fingerprint density at radius 3 is 3.04 bits per heavy atom. The smallest absolute Gasteiger partial charge is 0.227 e. The van der Waals surface area contributed by atoms with Gasteiger partial charge in [-0.25, -0.2) is 4.68 Å². The maximum Gasteiger partial charge on any atom is 0.227 e. The number of fused-ring (bicyclic) bond motifs is 3. The van der Waals surface area contributed by atoms with Crippen molar-refractivity contribution in [1.82, 2.24) is 19.9 Å². The molecule has 0 saturated carbocycles. The van der Waals surface area contributed by atoms with Crippen LogP contribution in [0.2, 0.25) is 10.0 Å². The number of carbonyl (C=O) groups excluding carboxylic acids is 1. The molecular weight excluding hydrogens is 351 g/mol. The first kappa shape index (κ1) is 15.9. The van der Waals surface area contributed by atoms with Gasteiger partial charge in [-0.1, -0.05) is 34.5 Å². The van der Waals surface area contributed by atoms with E-state index in [9.17, 15) is 4.79 Å². The number of amides is 1. The molecule has 24 heavy (non-hydrogen) atoms. The molecule has 0 bridgehead atoms. The summed E-state index contributed by atoms with van der Waals surface area (Å²) in [5.74, 6) is 0.0686. The van der Waals surface area contributed by atoms with Gasteiger partial charge in [0, 0.05) is 13.1 Å². The Bertz CT molecular complexity index is 779. The molecule has 2 aromatic rings. The second kappa shape index (κ2) is 6.35. The Kier molecular flexibility index (Phi) is 4.20. The summed E-state index contributed by atoms with van der Waals surface area (Å²) in [5, 5.41) is 9.07. The summed E-state index contributed by atoms with van der Waals surface area (Å²) in [6.07, 6.45) is 2.91. The highest BCUT2D eigenvalue weighted by atomic mass is 35.5. The minimum atomic E-state index is 0.0303. The average Bonchev–Trinajstić information content (AvgIpc) is 3.07. The van der Waals surface area contributed by atoms with Crippen LogP contribution in [0.3, 0.4) is 0 Å². The maximum atomic E-state index is 12.7. The lowest BCUT2D eigenvalue weighted by Crippen LogP contribution is -2.50. The fourth-order valence-corrected chi connectivity index (χ4v) is 3.66. The molecular formula is C16H16Cl2N4O2. The molecule has 0 N–H and O–H groups in total. The predicted octanol–water partition coefficient (Wildman–Crippen LogP) is 2.50. The van der Waals surface area contributed by atoms with Crippen LogP contribution in [-0.2, 0) is 22.6 Å². The number of ether oxygens (including phenoxy) is 1. The van der Waals surface area contributed by atoms with Crippen molar-refractivity contribution >= 4 is 29.1 Å². The maximum absolute atomic E-state index is 12.7.